The van der Waals surface area contributed by atoms with Crippen molar-refractivity contribution in [1.29, 1.82) is 0 Å². The Morgan fingerprint density at radius 1 is 1.39 bits per heavy atom. The van der Waals surface area contributed by atoms with E-state index in [1.165, 1.54) is 12.8 Å². The van der Waals surface area contributed by atoms with Crippen molar-refractivity contribution in [2.75, 3.05) is 6.54 Å². The maximum absolute atomic E-state index is 12.2. The molecule has 1 amide bonds. The molecule has 2 bridgehead atoms. The van der Waals surface area contributed by atoms with Gasteiger partial charge in [-0.05, 0) is 32.1 Å². The highest BCUT2D eigenvalue weighted by Crippen LogP contribution is 2.30. The second-order valence-electron chi connectivity index (χ2n) is 5.55. The van der Waals surface area contributed by atoms with E-state index in [1.807, 2.05) is 0 Å². The summed E-state index contributed by atoms with van der Waals surface area (Å²) in [5.74, 6) is 2.82. The molecular weight excluding hydrogens is 224 g/mol. The molecule has 2 rings (SSSR count). The van der Waals surface area contributed by atoms with Gasteiger partial charge in [-0.15, -0.1) is 12.3 Å². The van der Waals surface area contributed by atoms with E-state index in [0.29, 0.717) is 31.0 Å². The van der Waals surface area contributed by atoms with Gasteiger partial charge in [-0.3, -0.25) is 4.79 Å². The van der Waals surface area contributed by atoms with Crippen LogP contribution in [0.15, 0.2) is 0 Å². The average Bonchev–Trinajstić information content (AvgIpc) is 2.72. The predicted molar refractivity (Wildman–Crippen MR) is 73.0 cm³/mol. The van der Waals surface area contributed by atoms with E-state index in [2.05, 4.69) is 23.1 Å². The van der Waals surface area contributed by atoms with E-state index in [-0.39, 0.29) is 5.91 Å². The van der Waals surface area contributed by atoms with Crippen molar-refractivity contribution in [3.63, 3.8) is 0 Å². The Labute approximate surface area is 110 Å². The Morgan fingerprint density at radius 2 is 2.06 bits per heavy atom. The number of carbonyl (C=O) groups excluding carboxylic acids is 1. The van der Waals surface area contributed by atoms with Crippen LogP contribution < -0.4 is 5.32 Å². The molecule has 0 aliphatic carbocycles. The Bertz CT molecular complexity index is 322. The predicted octanol–water partition coefficient (Wildman–Crippen LogP) is 1.92. The highest BCUT2D eigenvalue weighted by Gasteiger charge is 2.36. The van der Waals surface area contributed by atoms with Gasteiger partial charge >= 0.3 is 0 Å². The number of piperidine rings is 1. The van der Waals surface area contributed by atoms with Crippen LogP contribution >= 0.6 is 0 Å². The highest BCUT2D eigenvalue weighted by atomic mass is 16.2. The minimum absolute atomic E-state index is 0.251. The van der Waals surface area contributed by atoms with Gasteiger partial charge < -0.3 is 10.2 Å². The largest absolute Gasteiger partial charge is 0.340 e. The molecule has 0 spiro atoms. The van der Waals surface area contributed by atoms with Crippen molar-refractivity contribution >= 4 is 5.91 Å². The first-order valence-corrected chi connectivity index (χ1v) is 7.23. The second kappa shape index (κ2) is 6.24. The molecule has 0 aromatic carbocycles. The summed E-state index contributed by atoms with van der Waals surface area (Å²) in [4.78, 5) is 14.3. The molecule has 2 aliphatic heterocycles. The number of terminal acetylenes is 1. The lowest BCUT2D eigenvalue weighted by atomic mass is 9.97. The number of carbonyl (C=O) groups is 1. The zero-order valence-electron chi connectivity index (χ0n) is 11.3. The Balaban J connectivity index is 1.96. The van der Waals surface area contributed by atoms with Crippen LogP contribution in [-0.2, 0) is 4.79 Å². The molecule has 3 heteroatoms. The van der Waals surface area contributed by atoms with Crippen LogP contribution in [0.4, 0.5) is 0 Å². The van der Waals surface area contributed by atoms with Crippen LogP contribution in [0.1, 0.15) is 51.9 Å². The summed E-state index contributed by atoms with van der Waals surface area (Å²) < 4.78 is 0. The van der Waals surface area contributed by atoms with Crippen LogP contribution in [0.5, 0.6) is 0 Å². The first kappa shape index (κ1) is 13.4. The number of fused-ring (bicyclic) bond motifs is 2. The number of rotatable bonds is 5. The number of nitrogens with one attached hydrogen (secondary N) is 1. The normalized spacial score (nSPS) is 29.9. The summed E-state index contributed by atoms with van der Waals surface area (Å²) >= 11 is 0. The van der Waals surface area contributed by atoms with E-state index in [9.17, 15) is 4.79 Å². The zero-order chi connectivity index (χ0) is 13.0. The summed E-state index contributed by atoms with van der Waals surface area (Å²) in [6.07, 6.45) is 12.2. The Hall–Kier alpha value is -1.01. The lowest BCUT2D eigenvalue weighted by Crippen LogP contribution is -2.50. The summed E-state index contributed by atoms with van der Waals surface area (Å²) in [6.45, 7) is 3.02. The molecule has 0 aromatic heterocycles. The minimum Gasteiger partial charge on any atom is -0.340 e. The molecular formula is C15H24N2O. The van der Waals surface area contributed by atoms with Gasteiger partial charge in [0.15, 0.2) is 0 Å². The van der Waals surface area contributed by atoms with E-state index in [4.69, 9.17) is 6.42 Å². The van der Waals surface area contributed by atoms with Crippen molar-refractivity contribution in [2.24, 2.45) is 0 Å². The standard InChI is InChI=1S/C15H24N2O/c1-3-5-6-15(18)17(9-4-2)14-10-12-7-8-13(11-14)16-12/h1,12-14,16H,4-11H2,2H3. The van der Waals surface area contributed by atoms with Crippen LogP contribution in [-0.4, -0.2) is 35.5 Å². The summed E-state index contributed by atoms with van der Waals surface area (Å²) in [7, 11) is 0. The molecule has 0 saturated carbocycles. The third-order valence-electron chi connectivity index (χ3n) is 4.16. The van der Waals surface area contributed by atoms with Crippen molar-refractivity contribution in [2.45, 2.75) is 70.0 Å². The molecule has 1 N–H and O–H groups in total. The van der Waals surface area contributed by atoms with E-state index >= 15 is 0 Å². The van der Waals surface area contributed by atoms with Crippen LogP contribution in [0.3, 0.4) is 0 Å². The second-order valence-corrected chi connectivity index (χ2v) is 5.55. The monoisotopic (exact) mass is 248 g/mol. The first-order valence-electron chi connectivity index (χ1n) is 7.23. The van der Waals surface area contributed by atoms with Gasteiger partial charge in [0, 0.05) is 37.5 Å². The number of amides is 1. The molecule has 18 heavy (non-hydrogen) atoms. The molecule has 2 atom stereocenters. The van der Waals surface area contributed by atoms with Crippen LogP contribution in [0.25, 0.3) is 0 Å². The van der Waals surface area contributed by atoms with Crippen LogP contribution in [0, 0.1) is 12.3 Å². The lowest BCUT2D eigenvalue weighted by Gasteiger charge is -2.37. The molecule has 3 nitrogen and oxygen atoms in total. The highest BCUT2D eigenvalue weighted by molar-refractivity contribution is 5.76. The molecule has 2 aliphatic rings. The fraction of sp³-hybridized carbons (Fsp3) is 0.800. The lowest BCUT2D eigenvalue weighted by molar-refractivity contribution is -0.134. The maximum Gasteiger partial charge on any atom is 0.223 e. The Morgan fingerprint density at radius 3 is 2.61 bits per heavy atom. The molecule has 2 fully saturated rings. The van der Waals surface area contributed by atoms with Gasteiger partial charge in [0.25, 0.3) is 0 Å². The van der Waals surface area contributed by atoms with Gasteiger partial charge in [-0.1, -0.05) is 6.92 Å². The van der Waals surface area contributed by atoms with Gasteiger partial charge in [0.1, 0.15) is 0 Å². The van der Waals surface area contributed by atoms with Crippen molar-refractivity contribution in [3.8, 4) is 12.3 Å². The molecule has 2 unspecified atom stereocenters. The summed E-state index contributed by atoms with van der Waals surface area (Å²) in [5.41, 5.74) is 0. The first-order chi connectivity index (χ1) is 8.74. The van der Waals surface area contributed by atoms with Crippen molar-refractivity contribution < 1.29 is 4.79 Å². The molecule has 0 aromatic rings. The number of hydrogen-bond acceptors (Lipinski definition) is 2. The van der Waals surface area contributed by atoms with Crippen molar-refractivity contribution in [1.82, 2.24) is 10.2 Å². The smallest absolute Gasteiger partial charge is 0.223 e. The molecule has 0 radical (unpaired) electrons. The minimum atomic E-state index is 0.251. The SMILES string of the molecule is C#CCCC(=O)N(CCC)C1CC2CCC(C1)N2. The van der Waals surface area contributed by atoms with E-state index in [0.717, 1.165) is 25.8 Å². The topological polar surface area (TPSA) is 32.3 Å². The summed E-state index contributed by atoms with van der Waals surface area (Å²) in [5, 5.41) is 3.63. The zero-order valence-corrected chi connectivity index (χ0v) is 11.3. The van der Waals surface area contributed by atoms with Gasteiger partial charge in [0.2, 0.25) is 5.91 Å². The molecule has 100 valence electrons. The third kappa shape index (κ3) is 3.05. The maximum atomic E-state index is 12.2. The van der Waals surface area contributed by atoms with Gasteiger partial charge in [-0.25, -0.2) is 0 Å². The average molecular weight is 248 g/mol. The molecule has 2 saturated heterocycles. The van der Waals surface area contributed by atoms with Crippen molar-refractivity contribution in [3.05, 3.63) is 0 Å². The van der Waals surface area contributed by atoms with E-state index < -0.39 is 0 Å². The summed E-state index contributed by atoms with van der Waals surface area (Å²) in [6, 6.07) is 1.70. The number of nitrogens with zero attached hydrogens (tertiary/aromatic N) is 1. The molecule has 2 heterocycles. The van der Waals surface area contributed by atoms with Crippen LogP contribution in [0.2, 0.25) is 0 Å². The fourth-order valence-electron chi connectivity index (χ4n) is 3.36. The van der Waals surface area contributed by atoms with Gasteiger partial charge in [-0.2, -0.15) is 0 Å². The Kier molecular flexibility index (Phi) is 4.66. The fourth-order valence-corrected chi connectivity index (χ4v) is 3.36. The number of hydrogen-bond donors (Lipinski definition) is 1. The third-order valence-corrected chi connectivity index (χ3v) is 4.16. The van der Waals surface area contributed by atoms with E-state index in [1.54, 1.807) is 0 Å². The van der Waals surface area contributed by atoms with Gasteiger partial charge in [0.05, 0.1) is 0 Å². The quantitative estimate of drug-likeness (QED) is 0.754.